The SMILES string of the molecule is Cc1cccc(CNC(=O)[C@@H]2CCCCN2)c1. The minimum Gasteiger partial charge on any atom is -0.351 e. The Hall–Kier alpha value is -1.35. The summed E-state index contributed by atoms with van der Waals surface area (Å²) in [4.78, 5) is 11.9. The minimum absolute atomic E-state index is 0.00793. The second-order valence-corrected chi connectivity index (χ2v) is 4.71. The van der Waals surface area contributed by atoms with Gasteiger partial charge in [-0.3, -0.25) is 4.79 Å². The van der Waals surface area contributed by atoms with Crippen LogP contribution in [0.5, 0.6) is 0 Å². The van der Waals surface area contributed by atoms with Crippen LogP contribution in [0.4, 0.5) is 0 Å². The fourth-order valence-corrected chi connectivity index (χ4v) is 2.21. The van der Waals surface area contributed by atoms with Crippen molar-refractivity contribution < 1.29 is 4.79 Å². The van der Waals surface area contributed by atoms with Crippen LogP contribution < -0.4 is 10.6 Å². The maximum Gasteiger partial charge on any atom is 0.237 e. The highest BCUT2D eigenvalue weighted by molar-refractivity contribution is 5.81. The third-order valence-electron chi connectivity index (χ3n) is 3.18. The molecule has 1 saturated heterocycles. The number of amides is 1. The lowest BCUT2D eigenvalue weighted by atomic mass is 10.0. The van der Waals surface area contributed by atoms with Gasteiger partial charge >= 0.3 is 0 Å². The summed E-state index contributed by atoms with van der Waals surface area (Å²) in [6.45, 7) is 3.65. The van der Waals surface area contributed by atoms with Crippen molar-refractivity contribution in [2.24, 2.45) is 0 Å². The maximum atomic E-state index is 11.9. The summed E-state index contributed by atoms with van der Waals surface area (Å²) < 4.78 is 0. The van der Waals surface area contributed by atoms with Gasteiger partial charge in [0.15, 0.2) is 0 Å². The van der Waals surface area contributed by atoms with Crippen molar-refractivity contribution >= 4 is 5.91 Å². The molecule has 1 heterocycles. The number of hydrogen-bond acceptors (Lipinski definition) is 2. The Kier molecular flexibility index (Phi) is 4.15. The molecule has 2 rings (SSSR count). The highest BCUT2D eigenvalue weighted by Crippen LogP contribution is 2.08. The number of hydrogen-bond donors (Lipinski definition) is 2. The van der Waals surface area contributed by atoms with E-state index in [2.05, 4.69) is 29.7 Å². The van der Waals surface area contributed by atoms with E-state index < -0.39 is 0 Å². The summed E-state index contributed by atoms with van der Waals surface area (Å²) in [5.41, 5.74) is 2.39. The lowest BCUT2D eigenvalue weighted by Crippen LogP contribution is -2.46. The summed E-state index contributed by atoms with van der Waals surface area (Å²) in [5, 5.41) is 6.25. The van der Waals surface area contributed by atoms with Gasteiger partial charge in [0.1, 0.15) is 0 Å². The number of aryl methyl sites for hydroxylation is 1. The minimum atomic E-state index is 0.00793. The lowest BCUT2D eigenvalue weighted by molar-refractivity contribution is -0.123. The first kappa shape index (κ1) is 12.1. The van der Waals surface area contributed by atoms with Crippen LogP contribution in [0.3, 0.4) is 0 Å². The average molecular weight is 232 g/mol. The molecule has 2 N–H and O–H groups in total. The first-order chi connectivity index (χ1) is 8.25. The van der Waals surface area contributed by atoms with E-state index in [-0.39, 0.29) is 11.9 Å². The van der Waals surface area contributed by atoms with Gasteiger partial charge in [-0.25, -0.2) is 0 Å². The van der Waals surface area contributed by atoms with Gasteiger partial charge in [0.05, 0.1) is 6.04 Å². The Labute approximate surface area is 103 Å². The van der Waals surface area contributed by atoms with Crippen LogP contribution in [0.25, 0.3) is 0 Å². The van der Waals surface area contributed by atoms with Gasteiger partial charge < -0.3 is 10.6 Å². The number of carbonyl (C=O) groups is 1. The Morgan fingerprint density at radius 3 is 3.06 bits per heavy atom. The van der Waals surface area contributed by atoms with Gasteiger partial charge in [-0.2, -0.15) is 0 Å². The Balaban J connectivity index is 1.83. The Morgan fingerprint density at radius 1 is 1.47 bits per heavy atom. The molecular formula is C14H20N2O. The molecule has 17 heavy (non-hydrogen) atoms. The molecule has 3 heteroatoms. The monoisotopic (exact) mass is 232 g/mol. The highest BCUT2D eigenvalue weighted by atomic mass is 16.2. The number of rotatable bonds is 3. The third-order valence-corrected chi connectivity index (χ3v) is 3.18. The van der Waals surface area contributed by atoms with Crippen LogP contribution in [0.15, 0.2) is 24.3 Å². The van der Waals surface area contributed by atoms with Gasteiger partial charge in [-0.05, 0) is 31.9 Å². The number of benzene rings is 1. The molecule has 3 nitrogen and oxygen atoms in total. The number of nitrogens with one attached hydrogen (secondary N) is 2. The molecule has 1 aliphatic heterocycles. The molecule has 1 aromatic rings. The van der Waals surface area contributed by atoms with Crippen molar-refractivity contribution in [3.63, 3.8) is 0 Å². The lowest BCUT2D eigenvalue weighted by Gasteiger charge is -2.22. The predicted octanol–water partition coefficient (Wildman–Crippen LogP) is 1.75. The van der Waals surface area contributed by atoms with Crippen molar-refractivity contribution in [2.45, 2.75) is 38.8 Å². The van der Waals surface area contributed by atoms with Crippen LogP contribution in [0, 0.1) is 6.92 Å². The van der Waals surface area contributed by atoms with Crippen molar-refractivity contribution in [3.8, 4) is 0 Å². The van der Waals surface area contributed by atoms with E-state index in [9.17, 15) is 4.79 Å². The van der Waals surface area contributed by atoms with E-state index in [0.29, 0.717) is 6.54 Å². The first-order valence-corrected chi connectivity index (χ1v) is 6.32. The zero-order valence-electron chi connectivity index (χ0n) is 10.3. The average Bonchev–Trinajstić information content (AvgIpc) is 2.37. The second-order valence-electron chi connectivity index (χ2n) is 4.71. The van der Waals surface area contributed by atoms with E-state index in [1.54, 1.807) is 0 Å². The van der Waals surface area contributed by atoms with Crippen LogP contribution in [-0.4, -0.2) is 18.5 Å². The van der Waals surface area contributed by atoms with Gasteiger partial charge in [-0.15, -0.1) is 0 Å². The molecule has 0 aromatic heterocycles. The van der Waals surface area contributed by atoms with Crippen LogP contribution in [0.1, 0.15) is 30.4 Å². The molecule has 0 radical (unpaired) electrons. The predicted molar refractivity (Wildman–Crippen MR) is 68.7 cm³/mol. The van der Waals surface area contributed by atoms with Crippen LogP contribution in [-0.2, 0) is 11.3 Å². The molecule has 1 fully saturated rings. The zero-order valence-corrected chi connectivity index (χ0v) is 10.3. The summed E-state index contributed by atoms with van der Waals surface area (Å²) in [6.07, 6.45) is 3.29. The maximum absolute atomic E-state index is 11.9. The summed E-state index contributed by atoms with van der Waals surface area (Å²) in [5.74, 6) is 0.131. The van der Waals surface area contributed by atoms with Crippen molar-refractivity contribution in [1.82, 2.24) is 10.6 Å². The molecule has 1 atom stereocenters. The smallest absolute Gasteiger partial charge is 0.237 e. The third kappa shape index (κ3) is 3.56. The molecule has 1 aromatic carbocycles. The molecular weight excluding hydrogens is 212 g/mol. The highest BCUT2D eigenvalue weighted by Gasteiger charge is 2.19. The van der Waals surface area contributed by atoms with Crippen LogP contribution in [0.2, 0.25) is 0 Å². The normalized spacial score (nSPS) is 19.9. The molecule has 1 amide bonds. The van der Waals surface area contributed by atoms with Gasteiger partial charge in [0.2, 0.25) is 5.91 Å². The quantitative estimate of drug-likeness (QED) is 0.833. The molecule has 0 saturated carbocycles. The van der Waals surface area contributed by atoms with E-state index in [1.165, 1.54) is 12.0 Å². The van der Waals surface area contributed by atoms with Crippen molar-refractivity contribution in [3.05, 3.63) is 35.4 Å². The topological polar surface area (TPSA) is 41.1 Å². The summed E-state index contributed by atoms with van der Waals surface area (Å²) in [6, 6.07) is 8.24. The number of piperidine rings is 1. The largest absolute Gasteiger partial charge is 0.351 e. The molecule has 1 aliphatic rings. The van der Waals surface area contributed by atoms with Crippen molar-refractivity contribution in [2.75, 3.05) is 6.54 Å². The van der Waals surface area contributed by atoms with Gasteiger partial charge in [-0.1, -0.05) is 36.2 Å². The van der Waals surface area contributed by atoms with Crippen LogP contribution >= 0.6 is 0 Å². The van der Waals surface area contributed by atoms with E-state index >= 15 is 0 Å². The molecule has 0 spiro atoms. The first-order valence-electron chi connectivity index (χ1n) is 6.32. The molecule has 0 bridgehead atoms. The number of carbonyl (C=O) groups excluding carboxylic acids is 1. The van der Waals surface area contributed by atoms with E-state index in [4.69, 9.17) is 0 Å². The van der Waals surface area contributed by atoms with Gasteiger partial charge in [0.25, 0.3) is 0 Å². The summed E-state index contributed by atoms with van der Waals surface area (Å²) >= 11 is 0. The standard InChI is InChI=1S/C14H20N2O/c1-11-5-4-6-12(9-11)10-16-14(17)13-7-2-3-8-15-13/h4-6,9,13,15H,2-3,7-8,10H2,1H3,(H,16,17)/t13-/m0/s1. The van der Waals surface area contributed by atoms with E-state index in [1.807, 2.05) is 12.1 Å². The van der Waals surface area contributed by atoms with Gasteiger partial charge in [0, 0.05) is 6.54 Å². The fraction of sp³-hybridized carbons (Fsp3) is 0.500. The summed E-state index contributed by atoms with van der Waals surface area (Å²) in [7, 11) is 0. The molecule has 0 aliphatic carbocycles. The molecule has 0 unspecified atom stereocenters. The molecule has 92 valence electrons. The Bertz CT molecular complexity index is 384. The fourth-order valence-electron chi connectivity index (χ4n) is 2.21. The second kappa shape index (κ2) is 5.82. The Morgan fingerprint density at radius 2 is 2.35 bits per heavy atom. The zero-order chi connectivity index (χ0) is 12.1. The van der Waals surface area contributed by atoms with E-state index in [0.717, 1.165) is 24.9 Å². The van der Waals surface area contributed by atoms with Crippen molar-refractivity contribution in [1.29, 1.82) is 0 Å².